The minimum Gasteiger partial charge on any atom is -0.468 e. The van der Waals surface area contributed by atoms with Gasteiger partial charge in [-0.15, -0.1) is 0 Å². The molecule has 0 spiro atoms. The number of carbonyl (C=O) groups excluding carboxylic acids is 1. The monoisotopic (exact) mass is 197 g/mol. The maximum atomic E-state index is 12.8. The first kappa shape index (κ1) is 10.5. The van der Waals surface area contributed by atoms with Crippen molar-refractivity contribution in [1.29, 1.82) is 0 Å². The molecular weight excluding hydrogens is 185 g/mol. The third-order valence-corrected chi connectivity index (χ3v) is 1.84. The summed E-state index contributed by atoms with van der Waals surface area (Å²) < 4.78 is 17.3. The number of methoxy groups -OCH3 is 1. The fourth-order valence-electron chi connectivity index (χ4n) is 1.06. The molecule has 0 aliphatic carbocycles. The van der Waals surface area contributed by atoms with Crippen molar-refractivity contribution < 1.29 is 13.9 Å². The van der Waals surface area contributed by atoms with Crippen LogP contribution in [0, 0.1) is 5.82 Å². The Morgan fingerprint density at radius 1 is 1.57 bits per heavy atom. The third kappa shape index (κ3) is 2.73. The lowest BCUT2D eigenvalue weighted by atomic mass is 10.3. The van der Waals surface area contributed by atoms with Gasteiger partial charge in [0.25, 0.3) is 0 Å². The van der Waals surface area contributed by atoms with Crippen molar-refractivity contribution in [3.05, 3.63) is 30.1 Å². The standard InChI is InChI=1S/C10H12FNO2/c1-12(7-10(13)14-2)9-5-3-4-8(11)6-9/h3-6H,7H2,1-2H3. The number of carbonyl (C=O) groups is 1. The fraction of sp³-hybridized carbons (Fsp3) is 0.300. The Balaban J connectivity index is 2.69. The number of rotatable bonds is 3. The smallest absolute Gasteiger partial charge is 0.325 e. The number of halogens is 1. The van der Waals surface area contributed by atoms with Crippen LogP contribution in [0.25, 0.3) is 0 Å². The lowest BCUT2D eigenvalue weighted by Crippen LogP contribution is -2.26. The molecule has 0 amide bonds. The number of nitrogens with zero attached hydrogens (tertiary/aromatic N) is 1. The molecule has 3 nitrogen and oxygen atoms in total. The van der Waals surface area contributed by atoms with Crippen LogP contribution < -0.4 is 4.90 Å². The van der Waals surface area contributed by atoms with Crippen LogP contribution in [-0.2, 0) is 9.53 Å². The average molecular weight is 197 g/mol. The van der Waals surface area contributed by atoms with Crippen LogP contribution in [0.5, 0.6) is 0 Å². The van der Waals surface area contributed by atoms with Gasteiger partial charge in [0.1, 0.15) is 12.4 Å². The summed E-state index contributed by atoms with van der Waals surface area (Å²) in [6.07, 6.45) is 0. The van der Waals surface area contributed by atoms with Gasteiger partial charge < -0.3 is 9.64 Å². The Morgan fingerprint density at radius 3 is 2.86 bits per heavy atom. The zero-order valence-electron chi connectivity index (χ0n) is 8.16. The van der Waals surface area contributed by atoms with E-state index in [1.165, 1.54) is 19.2 Å². The first-order valence-electron chi connectivity index (χ1n) is 4.17. The summed E-state index contributed by atoms with van der Waals surface area (Å²) in [7, 11) is 3.02. The molecule has 0 atom stereocenters. The quantitative estimate of drug-likeness (QED) is 0.686. The van der Waals surface area contributed by atoms with Crippen LogP contribution >= 0.6 is 0 Å². The predicted octanol–water partition coefficient (Wildman–Crippen LogP) is 1.43. The third-order valence-electron chi connectivity index (χ3n) is 1.84. The van der Waals surface area contributed by atoms with E-state index in [2.05, 4.69) is 4.74 Å². The molecular formula is C10H12FNO2. The van der Waals surface area contributed by atoms with Gasteiger partial charge in [0.15, 0.2) is 0 Å². The fourth-order valence-corrected chi connectivity index (χ4v) is 1.06. The molecule has 0 fully saturated rings. The maximum absolute atomic E-state index is 12.8. The minimum atomic E-state index is -0.350. The summed E-state index contributed by atoms with van der Waals surface area (Å²) in [6, 6.07) is 6.04. The van der Waals surface area contributed by atoms with Crippen LogP contribution in [0.2, 0.25) is 0 Å². The molecule has 1 rings (SSSR count). The highest BCUT2D eigenvalue weighted by Gasteiger charge is 2.07. The first-order chi connectivity index (χ1) is 6.63. The van der Waals surface area contributed by atoms with E-state index in [1.807, 2.05) is 0 Å². The molecule has 0 saturated heterocycles. The first-order valence-corrected chi connectivity index (χ1v) is 4.17. The van der Waals surface area contributed by atoms with Gasteiger partial charge in [-0.05, 0) is 18.2 Å². The van der Waals surface area contributed by atoms with Gasteiger partial charge in [0, 0.05) is 12.7 Å². The number of hydrogen-bond donors (Lipinski definition) is 0. The van der Waals surface area contributed by atoms with Crippen molar-refractivity contribution in [3.8, 4) is 0 Å². The zero-order valence-corrected chi connectivity index (χ0v) is 8.16. The van der Waals surface area contributed by atoms with Gasteiger partial charge in [-0.25, -0.2) is 4.39 Å². The van der Waals surface area contributed by atoms with Crippen LogP contribution in [0.1, 0.15) is 0 Å². The lowest BCUT2D eigenvalue weighted by Gasteiger charge is -2.17. The molecule has 0 heterocycles. The van der Waals surface area contributed by atoms with Gasteiger partial charge in [0.2, 0.25) is 0 Å². The van der Waals surface area contributed by atoms with E-state index in [9.17, 15) is 9.18 Å². The molecule has 0 radical (unpaired) electrons. The molecule has 0 aliphatic rings. The van der Waals surface area contributed by atoms with E-state index < -0.39 is 0 Å². The molecule has 76 valence electrons. The summed E-state index contributed by atoms with van der Waals surface area (Å²) in [5.41, 5.74) is 0.649. The summed E-state index contributed by atoms with van der Waals surface area (Å²) in [4.78, 5) is 12.5. The largest absolute Gasteiger partial charge is 0.468 e. The Morgan fingerprint density at radius 2 is 2.29 bits per heavy atom. The molecule has 0 aliphatic heterocycles. The van der Waals surface area contributed by atoms with E-state index in [0.29, 0.717) is 5.69 Å². The minimum absolute atomic E-state index is 0.111. The van der Waals surface area contributed by atoms with Crippen LogP contribution in [0.15, 0.2) is 24.3 Å². The molecule has 0 bridgehead atoms. The van der Waals surface area contributed by atoms with Crippen molar-refractivity contribution in [3.63, 3.8) is 0 Å². The van der Waals surface area contributed by atoms with E-state index >= 15 is 0 Å². The van der Waals surface area contributed by atoms with Gasteiger partial charge in [-0.1, -0.05) is 6.07 Å². The zero-order chi connectivity index (χ0) is 10.6. The SMILES string of the molecule is COC(=O)CN(C)c1cccc(F)c1. The van der Waals surface area contributed by atoms with Crippen molar-refractivity contribution in [1.82, 2.24) is 0 Å². The molecule has 0 N–H and O–H groups in total. The Kier molecular flexibility index (Phi) is 3.45. The number of esters is 1. The highest BCUT2D eigenvalue weighted by molar-refractivity contribution is 5.75. The van der Waals surface area contributed by atoms with Crippen molar-refractivity contribution in [2.45, 2.75) is 0 Å². The van der Waals surface area contributed by atoms with Crippen molar-refractivity contribution in [2.75, 3.05) is 25.6 Å². The summed E-state index contributed by atoms with van der Waals surface area (Å²) in [5.74, 6) is -0.670. The van der Waals surface area contributed by atoms with Crippen LogP contribution in [0.4, 0.5) is 10.1 Å². The number of anilines is 1. The number of hydrogen-bond acceptors (Lipinski definition) is 3. The Labute approximate surface area is 82.1 Å². The second kappa shape index (κ2) is 4.60. The molecule has 1 aromatic carbocycles. The number of ether oxygens (including phenoxy) is 1. The highest BCUT2D eigenvalue weighted by atomic mass is 19.1. The van der Waals surface area contributed by atoms with Gasteiger partial charge >= 0.3 is 5.97 Å². The average Bonchev–Trinajstić information content (AvgIpc) is 2.17. The number of likely N-dealkylation sites (N-methyl/N-ethyl adjacent to an activating group) is 1. The lowest BCUT2D eigenvalue weighted by molar-refractivity contribution is -0.138. The molecule has 0 aromatic heterocycles. The maximum Gasteiger partial charge on any atom is 0.325 e. The summed E-state index contributed by atoms with van der Waals surface area (Å²) >= 11 is 0. The topological polar surface area (TPSA) is 29.5 Å². The second-order valence-electron chi connectivity index (χ2n) is 2.91. The predicted molar refractivity (Wildman–Crippen MR) is 51.7 cm³/mol. The van der Waals surface area contributed by atoms with Gasteiger partial charge in [-0.3, -0.25) is 4.79 Å². The van der Waals surface area contributed by atoms with Gasteiger partial charge in [-0.2, -0.15) is 0 Å². The molecule has 14 heavy (non-hydrogen) atoms. The Hall–Kier alpha value is -1.58. The molecule has 1 aromatic rings. The van der Waals surface area contributed by atoms with Crippen molar-refractivity contribution >= 4 is 11.7 Å². The van der Waals surface area contributed by atoms with E-state index in [1.54, 1.807) is 24.1 Å². The molecule has 4 heteroatoms. The van der Waals surface area contributed by atoms with Crippen molar-refractivity contribution in [2.24, 2.45) is 0 Å². The molecule has 0 saturated carbocycles. The van der Waals surface area contributed by atoms with Crippen LogP contribution in [-0.4, -0.2) is 26.7 Å². The van der Waals surface area contributed by atoms with Gasteiger partial charge in [0.05, 0.1) is 7.11 Å². The van der Waals surface area contributed by atoms with Crippen LogP contribution in [0.3, 0.4) is 0 Å². The Bertz CT molecular complexity index is 328. The van der Waals surface area contributed by atoms with E-state index in [-0.39, 0.29) is 18.3 Å². The molecule has 0 unspecified atom stereocenters. The number of benzene rings is 1. The van der Waals surface area contributed by atoms with E-state index in [0.717, 1.165) is 0 Å². The normalized spacial score (nSPS) is 9.64. The second-order valence-corrected chi connectivity index (χ2v) is 2.91. The summed E-state index contributed by atoms with van der Waals surface area (Å²) in [5, 5.41) is 0. The summed E-state index contributed by atoms with van der Waals surface area (Å²) in [6.45, 7) is 0.111. The van der Waals surface area contributed by atoms with E-state index in [4.69, 9.17) is 0 Å². The highest BCUT2D eigenvalue weighted by Crippen LogP contribution is 2.13.